The van der Waals surface area contributed by atoms with E-state index >= 15 is 0 Å². The minimum atomic E-state index is -3.85. The lowest BCUT2D eigenvalue weighted by atomic mass is 9.84. The maximum absolute atomic E-state index is 13.5. The second-order valence-electron chi connectivity index (χ2n) is 17.6. The van der Waals surface area contributed by atoms with E-state index in [-0.39, 0.29) is 24.5 Å². The molecule has 366 valence electrons. The lowest BCUT2D eigenvalue weighted by Gasteiger charge is -2.47. The predicted octanol–water partition coefficient (Wildman–Crippen LogP) is -3.30. The van der Waals surface area contributed by atoms with Gasteiger partial charge in [0.2, 0.25) is 0 Å². The van der Waals surface area contributed by atoms with Crippen molar-refractivity contribution in [3.05, 3.63) is 0 Å². The largest absolute Gasteiger partial charge is 0.389 e. The van der Waals surface area contributed by atoms with E-state index in [0.717, 1.165) is 51.4 Å². The van der Waals surface area contributed by atoms with Crippen molar-refractivity contribution in [2.24, 2.45) is 28.7 Å². The molecule has 0 radical (unpaired) electrons. The molecular weight excluding hydrogens is 859 g/mol. The fourth-order valence-corrected chi connectivity index (χ4v) is 11.7. The summed E-state index contributed by atoms with van der Waals surface area (Å²) in [6.45, 7) is 3.92. The van der Waals surface area contributed by atoms with Crippen LogP contribution in [-0.4, -0.2) is 193 Å². The number of ether oxygens (including phenoxy) is 6. The number of sulfone groups is 2. The second-order valence-corrected chi connectivity index (χ2v) is 22.0. The van der Waals surface area contributed by atoms with Crippen LogP contribution in [0.25, 0.3) is 0 Å². The van der Waals surface area contributed by atoms with Crippen LogP contribution < -0.4 is 28.7 Å². The van der Waals surface area contributed by atoms with E-state index < -0.39 is 147 Å². The molecule has 62 heavy (non-hydrogen) atoms. The summed E-state index contributed by atoms with van der Waals surface area (Å²) < 4.78 is 89.3. The quantitative estimate of drug-likeness (QED) is 0.0400. The van der Waals surface area contributed by atoms with Crippen LogP contribution in [0, 0.1) is 0 Å². The first-order valence-corrected chi connectivity index (χ1v) is 26.0. The van der Waals surface area contributed by atoms with Crippen LogP contribution >= 0.6 is 0 Å². The molecule has 23 heteroatoms. The fourth-order valence-electron chi connectivity index (χ4n) is 8.54. The Morgan fingerprint density at radius 1 is 0.484 bits per heavy atom. The van der Waals surface area contributed by atoms with E-state index in [1.54, 1.807) is 0 Å². The summed E-state index contributed by atoms with van der Waals surface area (Å²) in [5.41, 5.74) is 30.9. The summed E-state index contributed by atoms with van der Waals surface area (Å²) >= 11 is 0. The van der Waals surface area contributed by atoms with Crippen LogP contribution in [0.5, 0.6) is 0 Å². The monoisotopic (exact) mass is 935 g/mol. The third-order valence-electron chi connectivity index (χ3n) is 12.4. The van der Waals surface area contributed by atoms with Crippen LogP contribution in [0.4, 0.5) is 0 Å². The zero-order valence-corrected chi connectivity index (χ0v) is 37.8. The van der Waals surface area contributed by atoms with Gasteiger partial charge in [-0.2, -0.15) is 0 Å². The molecule has 19 atom stereocenters. The molecule has 0 aromatic heterocycles. The fraction of sp³-hybridized carbons (Fsp3) is 1.00. The average molecular weight is 936 g/mol. The predicted molar refractivity (Wildman–Crippen MR) is 226 cm³/mol. The molecule has 4 fully saturated rings. The van der Waals surface area contributed by atoms with Gasteiger partial charge in [-0.05, 0) is 19.3 Å². The van der Waals surface area contributed by atoms with Gasteiger partial charge in [0.1, 0.15) is 67.1 Å². The van der Waals surface area contributed by atoms with E-state index in [2.05, 4.69) is 13.8 Å². The van der Waals surface area contributed by atoms with Crippen molar-refractivity contribution in [2.45, 2.75) is 214 Å². The Bertz CT molecular complexity index is 1540. The molecule has 21 nitrogen and oxygen atoms in total. The lowest BCUT2D eigenvalue weighted by Crippen LogP contribution is -2.68. The molecular formula is C39H77N5O16S2. The zero-order chi connectivity index (χ0) is 45.9. The third kappa shape index (κ3) is 14.6. The summed E-state index contributed by atoms with van der Waals surface area (Å²) in [6.07, 6.45) is -12.9. The molecule has 4 aliphatic rings. The van der Waals surface area contributed by atoms with E-state index in [4.69, 9.17) is 57.1 Å². The first kappa shape index (κ1) is 53.8. The van der Waals surface area contributed by atoms with Gasteiger partial charge in [0.25, 0.3) is 0 Å². The van der Waals surface area contributed by atoms with E-state index in [0.29, 0.717) is 25.7 Å². The zero-order valence-electron chi connectivity index (χ0n) is 36.2. The van der Waals surface area contributed by atoms with Crippen LogP contribution in [-0.2, 0) is 48.1 Å². The summed E-state index contributed by atoms with van der Waals surface area (Å²) in [4.78, 5) is 0. The molecule has 3 saturated heterocycles. The van der Waals surface area contributed by atoms with Crippen molar-refractivity contribution in [1.82, 2.24) is 0 Å². The molecule has 3 aliphatic heterocycles. The van der Waals surface area contributed by atoms with E-state index in [1.807, 2.05) is 0 Å². The molecule has 1 unspecified atom stereocenters. The SMILES string of the molecule is CCCCCCCCS(=O)(=O)C[C@H]1O[C@H](O[C@H]2[C@H](O[C@@H]3O[C@H](CS(=O)(=O)CCCCCCCC)[C@@H](O[C@H]4OC(CN)[C@@H](O)[C@H](O)[C@H]4N)[C@H]3O)[C@@H](O)[C@H](N)C[C@@H]2N)[C@H](N)[C@@H](O)[C@@H]1O. The molecule has 0 aromatic rings. The molecule has 0 bridgehead atoms. The molecule has 0 amide bonds. The Morgan fingerprint density at radius 2 is 0.903 bits per heavy atom. The van der Waals surface area contributed by atoms with Crippen molar-refractivity contribution < 1.29 is 75.9 Å². The first-order valence-electron chi connectivity index (χ1n) is 22.4. The molecule has 0 aromatic carbocycles. The Hall–Kier alpha value is -0.780. The van der Waals surface area contributed by atoms with Gasteiger partial charge in [-0.3, -0.25) is 0 Å². The number of aliphatic hydroxyl groups is 6. The number of nitrogens with two attached hydrogens (primary N) is 5. The normalized spacial score (nSPS) is 40.8. The van der Waals surface area contributed by atoms with Gasteiger partial charge in [0, 0.05) is 18.6 Å². The van der Waals surface area contributed by atoms with Crippen molar-refractivity contribution in [1.29, 1.82) is 0 Å². The minimum absolute atomic E-state index is 0.0264. The van der Waals surface area contributed by atoms with Gasteiger partial charge in [-0.15, -0.1) is 0 Å². The lowest BCUT2D eigenvalue weighted by molar-refractivity contribution is -0.305. The van der Waals surface area contributed by atoms with Gasteiger partial charge < -0.3 is 87.7 Å². The number of hydrogen-bond donors (Lipinski definition) is 11. The summed E-state index contributed by atoms with van der Waals surface area (Å²) in [6, 6.07) is -4.81. The smallest absolute Gasteiger partial charge is 0.187 e. The summed E-state index contributed by atoms with van der Waals surface area (Å²) in [5.74, 6) is -1.62. The Kier molecular flexibility index (Phi) is 21.6. The highest BCUT2D eigenvalue weighted by atomic mass is 32.2. The maximum Gasteiger partial charge on any atom is 0.187 e. The Balaban J connectivity index is 1.53. The highest BCUT2D eigenvalue weighted by molar-refractivity contribution is 7.91. The number of rotatable bonds is 25. The van der Waals surface area contributed by atoms with Gasteiger partial charge in [0.05, 0.1) is 41.2 Å². The second kappa shape index (κ2) is 24.8. The summed E-state index contributed by atoms with van der Waals surface area (Å²) in [5, 5.41) is 66.0. The molecule has 3 heterocycles. The minimum Gasteiger partial charge on any atom is -0.389 e. The van der Waals surface area contributed by atoms with Crippen molar-refractivity contribution in [3.63, 3.8) is 0 Å². The Labute approximate surface area is 366 Å². The molecule has 1 saturated carbocycles. The standard InChI is InChI=1S/C39H77N5O16S2/c1-3-5-7-9-11-13-15-61(51,52)19-24-30(47)32(49)27(44)38(56-24)58-34-22(42)17-21(41)28(45)36(34)60-39-33(50)35(59-37-26(43)31(48)29(46)23(18-40)55-37)25(57-39)20-62(53,54)16-14-12-10-8-6-4-2/h21-39,45-50H,3-20,40-44H2,1-2H3/t21-,22+,23?,24-,25-,26-,27-,28+,29-,30-,31-,32-,33-,34-,35-,36-,37-,38-,39+/m1/s1. The average Bonchev–Trinajstić information content (AvgIpc) is 3.49. The number of unbranched alkanes of at least 4 members (excludes halogenated alkanes) is 10. The van der Waals surface area contributed by atoms with E-state index in [9.17, 15) is 47.5 Å². The Morgan fingerprint density at radius 3 is 1.42 bits per heavy atom. The van der Waals surface area contributed by atoms with Gasteiger partial charge in [-0.25, -0.2) is 16.8 Å². The van der Waals surface area contributed by atoms with Crippen molar-refractivity contribution in [2.75, 3.05) is 29.6 Å². The molecule has 0 spiro atoms. The molecule has 1 aliphatic carbocycles. The van der Waals surface area contributed by atoms with Gasteiger partial charge in [-0.1, -0.05) is 78.1 Å². The highest BCUT2D eigenvalue weighted by Crippen LogP contribution is 2.35. The van der Waals surface area contributed by atoms with E-state index in [1.165, 1.54) is 0 Å². The van der Waals surface area contributed by atoms with Crippen LogP contribution in [0.3, 0.4) is 0 Å². The maximum atomic E-state index is 13.5. The van der Waals surface area contributed by atoms with Gasteiger partial charge in [0.15, 0.2) is 38.5 Å². The van der Waals surface area contributed by atoms with Crippen molar-refractivity contribution in [3.8, 4) is 0 Å². The van der Waals surface area contributed by atoms with Crippen LogP contribution in [0.1, 0.15) is 97.3 Å². The van der Waals surface area contributed by atoms with Crippen LogP contribution in [0.15, 0.2) is 0 Å². The molecule has 16 N–H and O–H groups in total. The molecule has 4 rings (SSSR count). The van der Waals surface area contributed by atoms with Crippen LogP contribution in [0.2, 0.25) is 0 Å². The third-order valence-corrected chi connectivity index (χ3v) is 15.9. The summed E-state index contributed by atoms with van der Waals surface area (Å²) in [7, 11) is -7.62. The number of hydrogen-bond acceptors (Lipinski definition) is 21. The number of aliphatic hydroxyl groups excluding tert-OH is 6. The topological polar surface area (TPSA) is 375 Å². The first-order chi connectivity index (χ1) is 29.2. The highest BCUT2D eigenvalue weighted by Gasteiger charge is 2.55. The van der Waals surface area contributed by atoms with Gasteiger partial charge >= 0.3 is 0 Å². The van der Waals surface area contributed by atoms with Crippen molar-refractivity contribution >= 4 is 19.7 Å².